The molecule has 1 N–H and O–H groups in total. The molecule has 2 aromatic heterocycles. The van der Waals surface area contributed by atoms with Crippen LogP contribution >= 0.6 is 0 Å². The van der Waals surface area contributed by atoms with Gasteiger partial charge in [0.25, 0.3) is 0 Å². The second-order valence-corrected chi connectivity index (χ2v) is 8.73. The van der Waals surface area contributed by atoms with E-state index in [1.54, 1.807) is 12.3 Å². The predicted octanol–water partition coefficient (Wildman–Crippen LogP) is 5.10. The molecule has 0 radical (unpaired) electrons. The Morgan fingerprint density at radius 3 is 2.94 bits per heavy atom. The van der Waals surface area contributed by atoms with Crippen molar-refractivity contribution in [3.05, 3.63) is 87.8 Å². The number of hydrogen-bond acceptors (Lipinski definition) is 4. The third-order valence-electron chi connectivity index (χ3n) is 6.72. The first-order valence-electron chi connectivity index (χ1n) is 11.0. The highest BCUT2D eigenvalue weighted by atomic mass is 19.1. The minimum absolute atomic E-state index is 0.0391. The molecule has 5 heteroatoms. The monoisotopic (exact) mass is 423 g/mol. The lowest BCUT2D eigenvalue weighted by Crippen LogP contribution is -2.14. The van der Waals surface area contributed by atoms with E-state index < -0.39 is 0 Å². The van der Waals surface area contributed by atoms with Gasteiger partial charge in [-0.3, -0.25) is 14.8 Å². The van der Waals surface area contributed by atoms with Crippen LogP contribution in [0, 0.1) is 12.7 Å². The van der Waals surface area contributed by atoms with E-state index in [2.05, 4.69) is 22.2 Å². The van der Waals surface area contributed by atoms with Gasteiger partial charge in [0.1, 0.15) is 5.82 Å². The Bertz CT molecular complexity index is 1370. The number of benzene rings is 1. The summed E-state index contributed by atoms with van der Waals surface area (Å²) in [5.74, 6) is -0.368. The van der Waals surface area contributed by atoms with Crippen molar-refractivity contribution in [2.75, 3.05) is 11.9 Å². The average Bonchev–Trinajstić information content (AvgIpc) is 3.35. The van der Waals surface area contributed by atoms with Gasteiger partial charge < -0.3 is 5.32 Å². The first kappa shape index (κ1) is 19.1. The fraction of sp³-hybridized carbons (Fsp3) is 0.222. The van der Waals surface area contributed by atoms with Crippen LogP contribution in [0.4, 0.5) is 10.1 Å². The van der Waals surface area contributed by atoms with Crippen LogP contribution in [0.5, 0.6) is 0 Å². The van der Waals surface area contributed by atoms with Crippen LogP contribution in [0.15, 0.2) is 48.3 Å². The number of hydrogen-bond donors (Lipinski definition) is 1. The molecular weight excluding hydrogens is 401 g/mol. The van der Waals surface area contributed by atoms with Crippen LogP contribution in [-0.4, -0.2) is 22.3 Å². The minimum Gasteiger partial charge on any atom is -0.383 e. The Balaban J connectivity index is 1.44. The van der Waals surface area contributed by atoms with E-state index >= 15 is 4.39 Å². The van der Waals surface area contributed by atoms with Gasteiger partial charge in [-0.1, -0.05) is 6.07 Å². The molecule has 3 aromatic rings. The first-order chi connectivity index (χ1) is 15.6. The summed E-state index contributed by atoms with van der Waals surface area (Å²) in [6.07, 6.45) is 10.4. The SMILES string of the molecule is Cc1c(-c2cc(F)c3c(c2)/C(=C/C2=Cc4ncccc4C2)C(=O)C3)cnc2c1NCCC2. The molecule has 32 heavy (non-hydrogen) atoms. The van der Waals surface area contributed by atoms with Gasteiger partial charge in [0, 0.05) is 42.1 Å². The number of halogens is 1. The van der Waals surface area contributed by atoms with Gasteiger partial charge in [-0.05, 0) is 84.4 Å². The van der Waals surface area contributed by atoms with Gasteiger partial charge >= 0.3 is 0 Å². The number of carbonyl (C=O) groups is 1. The number of nitrogens with one attached hydrogen (secondary N) is 1. The number of allylic oxidation sites excluding steroid dienone is 3. The highest BCUT2D eigenvalue weighted by molar-refractivity contribution is 6.26. The number of pyridine rings is 2. The smallest absolute Gasteiger partial charge is 0.167 e. The topological polar surface area (TPSA) is 54.9 Å². The van der Waals surface area contributed by atoms with Gasteiger partial charge in [0.05, 0.1) is 17.1 Å². The van der Waals surface area contributed by atoms with Gasteiger partial charge in [-0.25, -0.2) is 4.39 Å². The van der Waals surface area contributed by atoms with E-state index in [0.29, 0.717) is 16.7 Å². The molecule has 0 saturated carbocycles. The third kappa shape index (κ3) is 3.00. The average molecular weight is 423 g/mol. The maximum atomic E-state index is 15.1. The second kappa shape index (κ2) is 7.23. The maximum Gasteiger partial charge on any atom is 0.167 e. The fourth-order valence-electron chi connectivity index (χ4n) is 5.07. The summed E-state index contributed by atoms with van der Waals surface area (Å²) in [6.45, 7) is 2.97. The summed E-state index contributed by atoms with van der Waals surface area (Å²) in [5.41, 5.74) is 9.73. The number of aryl methyl sites for hydroxylation is 1. The van der Waals surface area contributed by atoms with Crippen molar-refractivity contribution in [1.82, 2.24) is 9.97 Å². The summed E-state index contributed by atoms with van der Waals surface area (Å²) in [6, 6.07) is 7.47. The summed E-state index contributed by atoms with van der Waals surface area (Å²) >= 11 is 0. The number of nitrogens with zero attached hydrogens (tertiary/aromatic N) is 2. The van der Waals surface area contributed by atoms with Gasteiger partial charge in [-0.15, -0.1) is 0 Å². The van der Waals surface area contributed by atoms with Crippen molar-refractivity contribution in [2.45, 2.75) is 32.6 Å². The van der Waals surface area contributed by atoms with Crippen LogP contribution in [-0.2, 0) is 24.1 Å². The summed E-state index contributed by atoms with van der Waals surface area (Å²) < 4.78 is 15.1. The van der Waals surface area contributed by atoms with Crippen molar-refractivity contribution >= 4 is 23.1 Å². The Hall–Kier alpha value is -3.60. The van der Waals surface area contributed by atoms with E-state index in [1.165, 1.54) is 0 Å². The zero-order chi connectivity index (χ0) is 21.8. The number of ketones is 1. The molecule has 0 saturated heterocycles. The van der Waals surface area contributed by atoms with Gasteiger partial charge in [0.2, 0.25) is 0 Å². The number of aromatic nitrogens is 2. The van der Waals surface area contributed by atoms with E-state index in [1.807, 2.05) is 36.5 Å². The number of Topliss-reactive ketones (excluding diaryl/α,β-unsaturated/α-hetero) is 1. The van der Waals surface area contributed by atoms with Crippen molar-refractivity contribution in [1.29, 1.82) is 0 Å². The highest BCUT2D eigenvalue weighted by Gasteiger charge is 2.29. The quantitative estimate of drug-likeness (QED) is 0.583. The summed E-state index contributed by atoms with van der Waals surface area (Å²) in [5, 5.41) is 3.45. The molecule has 0 unspecified atom stereocenters. The second-order valence-electron chi connectivity index (χ2n) is 8.73. The van der Waals surface area contributed by atoms with Crippen LogP contribution in [0.1, 0.15) is 40.1 Å². The zero-order valence-corrected chi connectivity index (χ0v) is 17.8. The molecule has 2 aliphatic carbocycles. The molecule has 0 atom stereocenters. The molecule has 158 valence electrons. The van der Waals surface area contributed by atoms with E-state index in [-0.39, 0.29) is 18.0 Å². The molecule has 1 aliphatic heterocycles. The molecule has 0 bridgehead atoms. The minimum atomic E-state index is -0.329. The highest BCUT2D eigenvalue weighted by Crippen LogP contribution is 2.39. The molecular formula is C27H22FN3O. The van der Waals surface area contributed by atoms with Crippen molar-refractivity contribution in [3.63, 3.8) is 0 Å². The van der Waals surface area contributed by atoms with Crippen LogP contribution < -0.4 is 5.32 Å². The van der Waals surface area contributed by atoms with Crippen LogP contribution in [0.2, 0.25) is 0 Å². The Kier molecular flexibility index (Phi) is 4.32. The molecule has 3 aliphatic rings. The fourth-order valence-corrected chi connectivity index (χ4v) is 5.07. The molecule has 0 spiro atoms. The predicted molar refractivity (Wildman–Crippen MR) is 124 cm³/mol. The maximum absolute atomic E-state index is 15.1. The van der Waals surface area contributed by atoms with Crippen molar-refractivity contribution in [2.24, 2.45) is 0 Å². The Labute approximate surface area is 185 Å². The van der Waals surface area contributed by atoms with E-state index in [4.69, 9.17) is 0 Å². The Morgan fingerprint density at radius 1 is 1.16 bits per heavy atom. The lowest BCUT2D eigenvalue weighted by molar-refractivity contribution is -0.112. The summed E-state index contributed by atoms with van der Waals surface area (Å²) in [4.78, 5) is 21.9. The van der Waals surface area contributed by atoms with Crippen LogP contribution in [0.25, 0.3) is 22.8 Å². The first-order valence-corrected chi connectivity index (χ1v) is 11.0. The number of carbonyl (C=O) groups excluding carboxylic acids is 1. The van der Waals surface area contributed by atoms with Crippen LogP contribution in [0.3, 0.4) is 0 Å². The largest absolute Gasteiger partial charge is 0.383 e. The van der Waals surface area contributed by atoms with Crippen molar-refractivity contribution < 1.29 is 9.18 Å². The Morgan fingerprint density at radius 2 is 2.06 bits per heavy atom. The zero-order valence-electron chi connectivity index (χ0n) is 17.8. The van der Waals surface area contributed by atoms with E-state index in [9.17, 15) is 4.79 Å². The number of anilines is 1. The lowest BCUT2D eigenvalue weighted by atomic mass is 9.94. The van der Waals surface area contributed by atoms with E-state index in [0.717, 1.165) is 70.7 Å². The van der Waals surface area contributed by atoms with Gasteiger partial charge in [-0.2, -0.15) is 0 Å². The van der Waals surface area contributed by atoms with Gasteiger partial charge in [0.15, 0.2) is 5.78 Å². The molecule has 0 amide bonds. The standard InChI is InChI=1S/C27H22FN3O/c1-15-22(14-31-24-5-3-7-30-27(15)24)18-11-19-20(23(28)12-18)13-26(32)21(19)9-16-8-17-4-2-6-29-25(17)10-16/h2,4,6,9-12,14,30H,3,5,7-8,13H2,1H3/b21-9-. The number of fused-ring (bicyclic) bond motifs is 3. The molecule has 3 heterocycles. The molecule has 0 fully saturated rings. The molecule has 6 rings (SSSR count). The molecule has 1 aromatic carbocycles. The third-order valence-corrected chi connectivity index (χ3v) is 6.72. The normalized spacial score (nSPS) is 17.6. The van der Waals surface area contributed by atoms with Crippen molar-refractivity contribution in [3.8, 4) is 11.1 Å². The number of rotatable bonds is 2. The summed E-state index contributed by atoms with van der Waals surface area (Å²) in [7, 11) is 0. The lowest BCUT2D eigenvalue weighted by Gasteiger charge is -2.21. The molecule has 4 nitrogen and oxygen atoms in total.